The van der Waals surface area contributed by atoms with Crippen LogP contribution in [0.4, 0.5) is 0 Å². The van der Waals surface area contributed by atoms with E-state index < -0.39 is 0 Å². The van der Waals surface area contributed by atoms with Gasteiger partial charge in [-0.15, -0.1) is 0 Å². The second-order valence-electron chi connectivity index (χ2n) is 7.11. The Labute approximate surface area is 139 Å². The number of fused-ring (bicyclic) bond motifs is 1. The van der Waals surface area contributed by atoms with Gasteiger partial charge in [-0.3, -0.25) is 4.90 Å². The molecule has 1 aliphatic carbocycles. The molecule has 0 radical (unpaired) electrons. The Balaban J connectivity index is 1.70. The molecule has 23 heavy (non-hydrogen) atoms. The molecule has 2 aliphatic rings. The third-order valence-electron chi connectivity index (χ3n) is 5.82. The Hall–Kier alpha value is -1.86. The molecule has 0 unspecified atom stereocenters. The van der Waals surface area contributed by atoms with Crippen molar-refractivity contribution in [2.24, 2.45) is 5.92 Å². The van der Waals surface area contributed by atoms with Gasteiger partial charge in [-0.25, -0.2) is 0 Å². The summed E-state index contributed by atoms with van der Waals surface area (Å²) in [6, 6.07) is 22.7. The molecule has 1 nitrogen and oxygen atoms in total. The number of nitrogens with zero attached hydrogens (tertiary/aromatic N) is 1. The standard InChI is InChI=1S/C22H25N/c1-18-16-23(17-19-10-4-2-5-11-19)21-14-8-9-15-22(18,21)20-12-6-3-7-13-20/h2-7,9-13,15,18,21H,8,14,16-17H2,1H3/t18-,21-,22-/m0/s1. The summed E-state index contributed by atoms with van der Waals surface area (Å²) in [7, 11) is 0. The molecule has 3 atom stereocenters. The molecule has 4 rings (SSSR count). The van der Waals surface area contributed by atoms with Crippen molar-refractivity contribution >= 4 is 0 Å². The summed E-state index contributed by atoms with van der Waals surface area (Å²) < 4.78 is 0. The van der Waals surface area contributed by atoms with Crippen LogP contribution in [0.15, 0.2) is 72.8 Å². The van der Waals surface area contributed by atoms with Crippen LogP contribution in [0.5, 0.6) is 0 Å². The third kappa shape index (κ3) is 2.44. The lowest BCUT2D eigenvalue weighted by Gasteiger charge is -2.41. The summed E-state index contributed by atoms with van der Waals surface area (Å²) in [5, 5.41) is 0. The van der Waals surface area contributed by atoms with E-state index in [2.05, 4.69) is 84.6 Å². The molecule has 2 aromatic rings. The first-order valence-electron chi connectivity index (χ1n) is 8.82. The fourth-order valence-corrected chi connectivity index (χ4v) is 4.78. The minimum atomic E-state index is 0.189. The van der Waals surface area contributed by atoms with Gasteiger partial charge in [0.2, 0.25) is 0 Å². The van der Waals surface area contributed by atoms with E-state index in [1.807, 2.05) is 0 Å². The highest BCUT2D eigenvalue weighted by Crippen LogP contribution is 2.49. The van der Waals surface area contributed by atoms with Crippen LogP contribution in [-0.4, -0.2) is 17.5 Å². The van der Waals surface area contributed by atoms with Gasteiger partial charge in [0.1, 0.15) is 0 Å². The predicted molar refractivity (Wildman–Crippen MR) is 96.3 cm³/mol. The largest absolute Gasteiger partial charge is 0.295 e. The fraction of sp³-hybridized carbons (Fsp3) is 0.364. The second kappa shape index (κ2) is 5.98. The van der Waals surface area contributed by atoms with Crippen LogP contribution in [0.1, 0.15) is 30.9 Å². The average molecular weight is 303 g/mol. The van der Waals surface area contributed by atoms with E-state index in [-0.39, 0.29) is 5.41 Å². The van der Waals surface area contributed by atoms with Gasteiger partial charge in [0.25, 0.3) is 0 Å². The van der Waals surface area contributed by atoms with Crippen LogP contribution in [0.2, 0.25) is 0 Å². The van der Waals surface area contributed by atoms with E-state index in [9.17, 15) is 0 Å². The maximum absolute atomic E-state index is 2.72. The smallest absolute Gasteiger partial charge is 0.0325 e. The van der Waals surface area contributed by atoms with E-state index in [1.165, 1.54) is 30.5 Å². The Morgan fingerprint density at radius 1 is 1.00 bits per heavy atom. The van der Waals surface area contributed by atoms with Gasteiger partial charge in [-0.05, 0) is 29.9 Å². The number of benzene rings is 2. The van der Waals surface area contributed by atoms with Crippen molar-refractivity contribution in [2.45, 2.75) is 37.8 Å². The first-order chi connectivity index (χ1) is 11.3. The SMILES string of the molecule is C[C@H]1CN(Cc2ccccc2)[C@H]2CCC=C[C@]21c1ccccc1. The van der Waals surface area contributed by atoms with Gasteiger partial charge in [-0.1, -0.05) is 79.7 Å². The number of likely N-dealkylation sites (tertiary alicyclic amines) is 1. The van der Waals surface area contributed by atoms with Crippen LogP contribution in [-0.2, 0) is 12.0 Å². The monoisotopic (exact) mass is 303 g/mol. The van der Waals surface area contributed by atoms with Crippen molar-refractivity contribution in [1.29, 1.82) is 0 Å². The summed E-state index contributed by atoms with van der Waals surface area (Å²) in [6.45, 7) is 4.68. The van der Waals surface area contributed by atoms with Gasteiger partial charge in [0.15, 0.2) is 0 Å². The maximum Gasteiger partial charge on any atom is 0.0325 e. The summed E-state index contributed by atoms with van der Waals surface area (Å²) >= 11 is 0. The number of allylic oxidation sites excluding steroid dienone is 1. The second-order valence-corrected chi connectivity index (χ2v) is 7.11. The molecule has 0 amide bonds. The van der Waals surface area contributed by atoms with E-state index in [0.717, 1.165) is 6.54 Å². The van der Waals surface area contributed by atoms with E-state index in [1.54, 1.807) is 0 Å². The zero-order chi connectivity index (χ0) is 15.7. The molecule has 1 heteroatoms. The Morgan fingerprint density at radius 3 is 2.43 bits per heavy atom. The molecular weight excluding hydrogens is 278 g/mol. The van der Waals surface area contributed by atoms with Crippen molar-refractivity contribution < 1.29 is 0 Å². The van der Waals surface area contributed by atoms with Gasteiger partial charge in [0.05, 0.1) is 0 Å². The molecular formula is C22H25N. The van der Waals surface area contributed by atoms with Gasteiger partial charge in [-0.2, -0.15) is 0 Å². The van der Waals surface area contributed by atoms with E-state index in [4.69, 9.17) is 0 Å². The number of hydrogen-bond acceptors (Lipinski definition) is 1. The van der Waals surface area contributed by atoms with Gasteiger partial charge >= 0.3 is 0 Å². The topological polar surface area (TPSA) is 3.24 Å². The van der Waals surface area contributed by atoms with Crippen LogP contribution >= 0.6 is 0 Å². The molecule has 1 aliphatic heterocycles. The van der Waals surface area contributed by atoms with Crippen LogP contribution < -0.4 is 0 Å². The minimum Gasteiger partial charge on any atom is -0.295 e. The molecule has 1 heterocycles. The zero-order valence-corrected chi connectivity index (χ0v) is 13.9. The molecule has 0 bridgehead atoms. The average Bonchev–Trinajstić information content (AvgIpc) is 2.90. The number of rotatable bonds is 3. The highest BCUT2D eigenvalue weighted by atomic mass is 15.2. The van der Waals surface area contributed by atoms with Crippen molar-refractivity contribution in [3.8, 4) is 0 Å². The normalized spacial score (nSPS) is 30.3. The van der Waals surface area contributed by atoms with Gasteiger partial charge in [0, 0.05) is 24.5 Å². The lowest BCUT2D eigenvalue weighted by molar-refractivity contribution is 0.200. The quantitative estimate of drug-likeness (QED) is 0.737. The third-order valence-corrected chi connectivity index (χ3v) is 5.82. The molecule has 118 valence electrons. The highest BCUT2D eigenvalue weighted by Gasteiger charge is 2.51. The molecule has 0 saturated carbocycles. The fourth-order valence-electron chi connectivity index (χ4n) is 4.78. The Kier molecular flexibility index (Phi) is 3.82. The van der Waals surface area contributed by atoms with Crippen molar-refractivity contribution in [3.63, 3.8) is 0 Å². The molecule has 1 saturated heterocycles. The Bertz CT molecular complexity index is 676. The zero-order valence-electron chi connectivity index (χ0n) is 13.9. The van der Waals surface area contributed by atoms with Crippen molar-refractivity contribution in [3.05, 3.63) is 83.9 Å². The molecule has 0 spiro atoms. The van der Waals surface area contributed by atoms with Crippen LogP contribution in [0, 0.1) is 5.92 Å². The molecule has 0 aromatic heterocycles. The molecule has 0 N–H and O–H groups in total. The van der Waals surface area contributed by atoms with Crippen molar-refractivity contribution in [2.75, 3.05) is 6.54 Å². The maximum atomic E-state index is 2.72. The summed E-state index contributed by atoms with van der Waals surface area (Å²) in [4.78, 5) is 2.72. The summed E-state index contributed by atoms with van der Waals surface area (Å²) in [6.07, 6.45) is 7.40. The number of hydrogen-bond donors (Lipinski definition) is 0. The van der Waals surface area contributed by atoms with Crippen LogP contribution in [0.25, 0.3) is 0 Å². The first-order valence-corrected chi connectivity index (χ1v) is 8.82. The summed E-state index contributed by atoms with van der Waals surface area (Å²) in [5.41, 5.74) is 3.11. The van der Waals surface area contributed by atoms with Crippen molar-refractivity contribution in [1.82, 2.24) is 4.90 Å². The summed E-state index contributed by atoms with van der Waals surface area (Å²) in [5.74, 6) is 0.648. The lowest BCUT2D eigenvalue weighted by Crippen LogP contribution is -2.44. The minimum absolute atomic E-state index is 0.189. The Morgan fingerprint density at radius 2 is 1.70 bits per heavy atom. The first kappa shape index (κ1) is 14.7. The van der Waals surface area contributed by atoms with Gasteiger partial charge < -0.3 is 0 Å². The van der Waals surface area contributed by atoms with E-state index >= 15 is 0 Å². The highest BCUT2D eigenvalue weighted by molar-refractivity contribution is 5.39. The molecule has 2 aromatic carbocycles. The molecule has 1 fully saturated rings. The predicted octanol–water partition coefficient (Wildman–Crippen LogP) is 4.79. The lowest BCUT2D eigenvalue weighted by atomic mass is 9.65. The van der Waals surface area contributed by atoms with E-state index in [0.29, 0.717) is 12.0 Å². The van der Waals surface area contributed by atoms with Crippen LogP contribution in [0.3, 0.4) is 0 Å².